The highest BCUT2D eigenvalue weighted by Gasteiger charge is 2.56. The molecule has 5 aliphatic rings. The number of rotatable bonds is 8. The van der Waals surface area contributed by atoms with E-state index in [0.29, 0.717) is 113 Å². The van der Waals surface area contributed by atoms with Crippen molar-refractivity contribution in [2.45, 2.75) is 10.8 Å². The van der Waals surface area contributed by atoms with Gasteiger partial charge in [-0.05, 0) is 117 Å². The Bertz CT molecular complexity index is 3740. The van der Waals surface area contributed by atoms with Crippen LogP contribution in [0.3, 0.4) is 0 Å². The molecule has 0 saturated carbocycles. The van der Waals surface area contributed by atoms with E-state index in [9.17, 15) is 0 Å². The van der Waals surface area contributed by atoms with Gasteiger partial charge in [-0.1, -0.05) is 72.8 Å². The number of ether oxygens (including phenoxy) is 6. The molecule has 13 rings (SSSR count). The van der Waals surface area contributed by atoms with E-state index in [2.05, 4.69) is 9.97 Å². The fourth-order valence-corrected chi connectivity index (χ4v) is 11.9. The first-order valence-electron chi connectivity index (χ1n) is 23.4. The van der Waals surface area contributed by atoms with Crippen LogP contribution in [0.25, 0.3) is 32.7 Å². The zero-order valence-electron chi connectivity index (χ0n) is 40.0. The normalized spacial score (nSPS) is 21.1. The summed E-state index contributed by atoms with van der Waals surface area (Å²) in [6, 6.07) is 39.2. The lowest BCUT2D eigenvalue weighted by molar-refractivity contribution is 0.0939. The molecule has 2 aromatic heterocycles. The van der Waals surface area contributed by atoms with Gasteiger partial charge in [0.2, 0.25) is 11.5 Å². The van der Waals surface area contributed by atoms with Crippen molar-refractivity contribution in [3.8, 4) is 34.5 Å². The number of hydrogen-bond donors (Lipinski definition) is 2. The number of carbonyl (C=O) groups is 2. The third kappa shape index (κ3) is 5.51. The SMILES string of the molecule is COc1cc(/C2=C3\C=CC(=N3)C3(C(=O)c4cccc5cccc3c45)C3=N/C(=C(\c4cc(OC)c(OC)c(OC)c4)c4ccc([nH]4)C4(C(=O)c5cccc6cccc4c56)c4ccc2[nH]4)C=C3)cc(OC)c1OC. The van der Waals surface area contributed by atoms with E-state index in [1.807, 2.05) is 146 Å². The van der Waals surface area contributed by atoms with E-state index in [1.165, 1.54) is 0 Å². The van der Waals surface area contributed by atoms with Crippen LogP contribution in [0.15, 0.2) is 167 Å². The first-order chi connectivity index (χ1) is 35.2. The third-order valence-electron chi connectivity index (χ3n) is 15.0. The minimum Gasteiger partial charge on any atom is -0.493 e. The minimum atomic E-state index is -1.48. The maximum atomic E-state index is 15.8. The van der Waals surface area contributed by atoms with Gasteiger partial charge < -0.3 is 38.4 Å². The number of allylic oxidation sites excluding steroid dienone is 4. The highest BCUT2D eigenvalue weighted by atomic mass is 16.5. The molecule has 5 heterocycles. The van der Waals surface area contributed by atoms with Gasteiger partial charge in [0, 0.05) is 45.0 Å². The Balaban J connectivity index is 1.18. The average molecular weight is 949 g/mol. The highest BCUT2D eigenvalue weighted by Crippen LogP contribution is 2.54. The van der Waals surface area contributed by atoms with Gasteiger partial charge >= 0.3 is 0 Å². The van der Waals surface area contributed by atoms with E-state index in [1.54, 1.807) is 42.7 Å². The van der Waals surface area contributed by atoms with Crippen molar-refractivity contribution in [1.29, 1.82) is 0 Å². The monoisotopic (exact) mass is 948 g/mol. The van der Waals surface area contributed by atoms with E-state index >= 15 is 9.59 Å². The number of nitrogens with one attached hydrogen (secondary N) is 2. The maximum Gasteiger partial charge on any atom is 0.203 e. The molecular formula is C60H44N4O8. The van der Waals surface area contributed by atoms with Gasteiger partial charge in [-0.25, -0.2) is 0 Å². The lowest BCUT2D eigenvalue weighted by Gasteiger charge is -2.28. The van der Waals surface area contributed by atoms with Crippen molar-refractivity contribution in [2.24, 2.45) is 9.98 Å². The van der Waals surface area contributed by atoms with Crippen LogP contribution in [0.2, 0.25) is 0 Å². The molecule has 2 atom stereocenters. The van der Waals surface area contributed by atoms with E-state index < -0.39 is 10.8 Å². The molecule has 72 heavy (non-hydrogen) atoms. The van der Waals surface area contributed by atoms with Crippen molar-refractivity contribution < 1.29 is 38.0 Å². The zero-order valence-corrected chi connectivity index (χ0v) is 40.0. The Morgan fingerprint density at radius 1 is 0.431 bits per heavy atom. The van der Waals surface area contributed by atoms with Gasteiger partial charge in [-0.3, -0.25) is 19.6 Å². The summed E-state index contributed by atoms with van der Waals surface area (Å²) in [6.45, 7) is 0. The van der Waals surface area contributed by atoms with Crippen LogP contribution in [0.5, 0.6) is 34.5 Å². The summed E-state index contributed by atoms with van der Waals surface area (Å²) in [5.74, 6) is 2.35. The van der Waals surface area contributed by atoms with Crippen molar-refractivity contribution in [3.05, 3.63) is 213 Å². The van der Waals surface area contributed by atoms with Gasteiger partial charge in [-0.15, -0.1) is 0 Å². The number of methoxy groups -OCH3 is 6. The molecule has 12 nitrogen and oxygen atoms in total. The Morgan fingerprint density at radius 2 is 0.819 bits per heavy atom. The largest absolute Gasteiger partial charge is 0.493 e. The van der Waals surface area contributed by atoms with Crippen LogP contribution in [0, 0.1) is 0 Å². The van der Waals surface area contributed by atoms with Crippen LogP contribution < -0.4 is 28.4 Å². The van der Waals surface area contributed by atoms with Gasteiger partial charge in [0.05, 0.1) is 65.5 Å². The molecule has 6 aromatic carbocycles. The van der Waals surface area contributed by atoms with E-state index in [4.69, 9.17) is 38.4 Å². The number of H-pyrrole nitrogens is 2. The number of Topliss-reactive ketones (excluding diaryl/α,β-unsaturated/α-hetero) is 2. The molecule has 352 valence electrons. The summed E-state index contributed by atoms with van der Waals surface area (Å²) < 4.78 is 35.3. The Kier molecular flexibility index (Phi) is 9.34. The summed E-state index contributed by atoms with van der Waals surface area (Å²) in [6.07, 6.45) is 7.72. The van der Waals surface area contributed by atoms with Gasteiger partial charge in [-0.2, -0.15) is 0 Å². The number of aromatic amines is 2. The highest BCUT2D eigenvalue weighted by molar-refractivity contribution is 6.46. The number of carbonyl (C=O) groups excluding carboxylic acids is 2. The van der Waals surface area contributed by atoms with E-state index in [-0.39, 0.29) is 11.6 Å². The number of hydrogen-bond acceptors (Lipinski definition) is 10. The summed E-state index contributed by atoms with van der Waals surface area (Å²) in [7, 11) is 9.44. The fourth-order valence-electron chi connectivity index (χ4n) is 11.9. The minimum absolute atomic E-state index is 0.0984. The molecule has 0 saturated heterocycles. The molecule has 8 aromatic rings. The molecule has 0 amide bonds. The van der Waals surface area contributed by atoms with Gasteiger partial charge in [0.15, 0.2) is 34.6 Å². The Morgan fingerprint density at radius 3 is 1.22 bits per heavy atom. The molecule has 2 N–H and O–H groups in total. The second-order valence-corrected chi connectivity index (χ2v) is 18.2. The van der Waals surface area contributed by atoms with Gasteiger partial charge in [0.1, 0.15) is 10.8 Å². The number of fused-ring (bicyclic) bond motifs is 12. The molecule has 0 fully saturated rings. The number of aromatic nitrogens is 2. The maximum absolute atomic E-state index is 15.8. The number of benzene rings is 6. The Hall–Kier alpha value is -9.16. The fraction of sp³-hybridized carbons (Fsp3) is 0.133. The van der Waals surface area contributed by atoms with Crippen molar-refractivity contribution in [2.75, 3.05) is 42.7 Å². The molecule has 12 heteroatoms. The predicted octanol–water partition coefficient (Wildman–Crippen LogP) is 10.9. The van der Waals surface area contributed by atoms with Gasteiger partial charge in [0.25, 0.3) is 0 Å². The second-order valence-electron chi connectivity index (χ2n) is 18.2. The van der Waals surface area contributed by atoms with E-state index in [0.717, 1.165) is 32.7 Å². The number of ketones is 2. The summed E-state index contributed by atoms with van der Waals surface area (Å²) in [5, 5.41) is 3.61. The zero-order chi connectivity index (χ0) is 49.2. The first kappa shape index (κ1) is 42.9. The van der Waals surface area contributed by atoms with Crippen molar-refractivity contribution in [1.82, 2.24) is 9.97 Å². The van der Waals surface area contributed by atoms with Crippen LogP contribution in [0.1, 0.15) is 65.7 Å². The summed E-state index contributed by atoms with van der Waals surface area (Å²) in [4.78, 5) is 50.3. The molecule has 3 aliphatic heterocycles. The van der Waals surface area contributed by atoms with Crippen LogP contribution in [-0.2, 0) is 10.8 Å². The smallest absolute Gasteiger partial charge is 0.203 e. The lowest BCUT2D eigenvalue weighted by atomic mass is 9.71. The van der Waals surface area contributed by atoms with Crippen LogP contribution >= 0.6 is 0 Å². The van der Waals surface area contributed by atoms with Crippen molar-refractivity contribution in [3.63, 3.8) is 0 Å². The Labute approximate surface area is 413 Å². The molecule has 2 aliphatic carbocycles. The molecule has 2 spiro atoms. The van der Waals surface area contributed by atoms with Crippen LogP contribution in [-0.4, -0.2) is 75.6 Å². The molecule has 8 bridgehead atoms. The number of nitrogens with zero attached hydrogens (tertiary/aromatic N) is 2. The molecule has 0 radical (unpaired) electrons. The van der Waals surface area contributed by atoms with Crippen LogP contribution in [0.4, 0.5) is 0 Å². The first-order valence-corrected chi connectivity index (χ1v) is 23.4. The second kappa shape index (κ2) is 15.7. The molecular weight excluding hydrogens is 905 g/mol. The number of aliphatic imine (C=N–C) groups is 2. The average Bonchev–Trinajstić information content (AvgIpc) is 4.31. The third-order valence-corrected chi connectivity index (χ3v) is 15.0. The predicted molar refractivity (Wildman–Crippen MR) is 277 cm³/mol. The van der Waals surface area contributed by atoms with Crippen molar-refractivity contribution >= 4 is 55.7 Å². The standard InChI is InChI=1S/C60H44N4O8/c1-67-43-27-33(28-44(68-2)55(43)71-5)53-39-19-23-47(61-39)59(37-17-9-13-31-11-7-15-35(51(31)37)57(59)65)49-25-21-41(63-49)54(34-29-45(69-3)56(72-6)46(30-34)70-4)42-22-26-50(64-42)60(48-24-20-40(53)62-48)38-18-10-14-32-12-8-16-36(52(32)38)58(60)66/h7-30,61,63H,1-6H3/b53-40-,54-42+. The quantitative estimate of drug-likeness (QED) is 0.153. The summed E-state index contributed by atoms with van der Waals surface area (Å²) >= 11 is 0. The molecule has 2 unspecified atom stereocenters. The lowest BCUT2D eigenvalue weighted by Crippen LogP contribution is -2.46. The topological polar surface area (TPSA) is 146 Å². The summed E-state index contributed by atoms with van der Waals surface area (Å²) in [5.41, 5.74) is 7.20.